The smallest absolute Gasteiger partial charge is 0.340 e. The maximum atomic E-state index is 11.5. The molecule has 0 bridgehead atoms. The average Bonchev–Trinajstić information content (AvgIpc) is 2.18. The molecule has 0 radical (unpaired) electrons. The minimum absolute atomic E-state index is 0.000645. The SMILES string of the molecule is CC(C)COC(=O)c1cc(O)ccc1N. The Morgan fingerprint density at radius 1 is 1.53 bits per heavy atom. The Morgan fingerprint density at radius 2 is 2.20 bits per heavy atom. The van der Waals surface area contributed by atoms with E-state index in [2.05, 4.69) is 0 Å². The summed E-state index contributed by atoms with van der Waals surface area (Å²) >= 11 is 0. The maximum Gasteiger partial charge on any atom is 0.340 e. The summed E-state index contributed by atoms with van der Waals surface area (Å²) < 4.78 is 5.00. The second-order valence-corrected chi connectivity index (χ2v) is 3.76. The van der Waals surface area contributed by atoms with Gasteiger partial charge in [-0.25, -0.2) is 4.79 Å². The van der Waals surface area contributed by atoms with Crippen molar-refractivity contribution in [1.82, 2.24) is 0 Å². The normalized spacial score (nSPS) is 10.3. The molecule has 3 N–H and O–H groups in total. The first-order valence-corrected chi connectivity index (χ1v) is 4.76. The molecule has 0 aliphatic carbocycles. The molecule has 1 aromatic carbocycles. The van der Waals surface area contributed by atoms with Gasteiger partial charge in [0.15, 0.2) is 0 Å². The molecule has 0 aliphatic heterocycles. The van der Waals surface area contributed by atoms with E-state index >= 15 is 0 Å². The van der Waals surface area contributed by atoms with Gasteiger partial charge in [0, 0.05) is 5.69 Å². The number of anilines is 1. The fraction of sp³-hybridized carbons (Fsp3) is 0.364. The third kappa shape index (κ3) is 3.16. The molecule has 82 valence electrons. The first kappa shape index (κ1) is 11.4. The Morgan fingerprint density at radius 3 is 2.80 bits per heavy atom. The van der Waals surface area contributed by atoms with Crippen molar-refractivity contribution in [2.45, 2.75) is 13.8 Å². The predicted molar refractivity (Wildman–Crippen MR) is 57.6 cm³/mol. The molecular weight excluding hydrogens is 194 g/mol. The number of hydrogen-bond donors (Lipinski definition) is 2. The van der Waals surface area contributed by atoms with Crippen LogP contribution in [0.15, 0.2) is 18.2 Å². The summed E-state index contributed by atoms with van der Waals surface area (Å²) in [6.45, 7) is 4.23. The Labute approximate surface area is 88.7 Å². The Bertz CT molecular complexity index is 361. The van der Waals surface area contributed by atoms with Gasteiger partial charge >= 0.3 is 5.97 Å². The second-order valence-electron chi connectivity index (χ2n) is 3.76. The first-order chi connectivity index (χ1) is 7.00. The van der Waals surface area contributed by atoms with E-state index in [1.54, 1.807) is 0 Å². The van der Waals surface area contributed by atoms with E-state index in [0.717, 1.165) is 0 Å². The van der Waals surface area contributed by atoms with Gasteiger partial charge in [0.25, 0.3) is 0 Å². The molecule has 4 heteroatoms. The summed E-state index contributed by atoms with van der Waals surface area (Å²) in [5.74, 6) is -0.231. The molecule has 0 aliphatic rings. The van der Waals surface area contributed by atoms with E-state index in [1.807, 2.05) is 13.8 Å². The summed E-state index contributed by atoms with van der Waals surface area (Å²) in [5.41, 5.74) is 6.10. The minimum Gasteiger partial charge on any atom is -0.508 e. The van der Waals surface area contributed by atoms with Crippen molar-refractivity contribution in [3.63, 3.8) is 0 Å². The molecule has 0 unspecified atom stereocenters. The first-order valence-electron chi connectivity index (χ1n) is 4.76. The van der Waals surface area contributed by atoms with Crippen molar-refractivity contribution in [3.05, 3.63) is 23.8 Å². The van der Waals surface area contributed by atoms with Crippen molar-refractivity contribution in [1.29, 1.82) is 0 Å². The van der Waals surface area contributed by atoms with Crippen LogP contribution in [0.4, 0.5) is 5.69 Å². The highest BCUT2D eigenvalue weighted by Crippen LogP contribution is 2.19. The highest BCUT2D eigenvalue weighted by molar-refractivity contribution is 5.95. The number of nitrogens with two attached hydrogens (primary N) is 1. The van der Waals surface area contributed by atoms with Gasteiger partial charge in [-0.1, -0.05) is 13.8 Å². The number of carbonyl (C=O) groups is 1. The molecule has 0 atom stereocenters. The highest BCUT2D eigenvalue weighted by atomic mass is 16.5. The van der Waals surface area contributed by atoms with Crippen LogP contribution in [0.2, 0.25) is 0 Å². The fourth-order valence-electron chi connectivity index (χ4n) is 1.04. The monoisotopic (exact) mass is 209 g/mol. The van der Waals surface area contributed by atoms with Crippen molar-refractivity contribution in [2.24, 2.45) is 5.92 Å². The fourth-order valence-corrected chi connectivity index (χ4v) is 1.04. The van der Waals surface area contributed by atoms with Crippen LogP contribution in [-0.4, -0.2) is 17.7 Å². The van der Waals surface area contributed by atoms with E-state index < -0.39 is 5.97 Å². The minimum atomic E-state index is -0.503. The van der Waals surface area contributed by atoms with Crippen LogP contribution in [0.3, 0.4) is 0 Å². The molecule has 1 rings (SSSR count). The number of esters is 1. The molecule has 0 heterocycles. The third-order valence-corrected chi connectivity index (χ3v) is 1.80. The summed E-state index contributed by atoms with van der Waals surface area (Å²) in [6, 6.07) is 4.20. The number of hydrogen-bond acceptors (Lipinski definition) is 4. The van der Waals surface area contributed by atoms with E-state index in [4.69, 9.17) is 10.5 Å². The van der Waals surface area contributed by atoms with Crippen molar-refractivity contribution in [2.75, 3.05) is 12.3 Å². The number of aromatic hydroxyl groups is 1. The lowest BCUT2D eigenvalue weighted by Gasteiger charge is -2.08. The number of nitrogen functional groups attached to an aromatic ring is 1. The van der Waals surface area contributed by atoms with Crippen LogP contribution >= 0.6 is 0 Å². The van der Waals surface area contributed by atoms with Gasteiger partial charge in [0.1, 0.15) is 5.75 Å². The average molecular weight is 209 g/mol. The molecule has 0 fully saturated rings. The van der Waals surface area contributed by atoms with Gasteiger partial charge in [0.2, 0.25) is 0 Å². The molecule has 4 nitrogen and oxygen atoms in total. The zero-order valence-electron chi connectivity index (χ0n) is 8.86. The second kappa shape index (κ2) is 4.68. The van der Waals surface area contributed by atoms with Gasteiger partial charge in [-0.3, -0.25) is 0 Å². The van der Waals surface area contributed by atoms with Crippen molar-refractivity contribution in [3.8, 4) is 5.75 Å². The lowest BCUT2D eigenvalue weighted by molar-refractivity contribution is 0.0460. The van der Waals surface area contributed by atoms with Crippen molar-refractivity contribution >= 4 is 11.7 Å². The predicted octanol–water partition coefficient (Wildman–Crippen LogP) is 1.79. The number of rotatable bonds is 3. The summed E-state index contributed by atoms with van der Waals surface area (Å²) in [6.07, 6.45) is 0. The van der Waals surface area contributed by atoms with Gasteiger partial charge in [-0.15, -0.1) is 0 Å². The highest BCUT2D eigenvalue weighted by Gasteiger charge is 2.12. The standard InChI is InChI=1S/C11H15NO3/c1-7(2)6-15-11(14)9-5-8(13)3-4-10(9)12/h3-5,7,13H,6,12H2,1-2H3. The molecule has 0 aromatic heterocycles. The Kier molecular flexibility index (Phi) is 3.55. The Balaban J connectivity index is 2.77. The van der Waals surface area contributed by atoms with Gasteiger partial charge in [-0.2, -0.15) is 0 Å². The van der Waals surface area contributed by atoms with Crippen LogP contribution < -0.4 is 5.73 Å². The van der Waals surface area contributed by atoms with Crippen LogP contribution in [0.5, 0.6) is 5.75 Å². The van der Waals surface area contributed by atoms with Crippen LogP contribution in [-0.2, 0) is 4.74 Å². The molecule has 1 aromatic rings. The lowest BCUT2D eigenvalue weighted by Crippen LogP contribution is -2.11. The molecular formula is C11H15NO3. The molecule has 0 spiro atoms. The van der Waals surface area contributed by atoms with E-state index in [1.165, 1.54) is 18.2 Å². The zero-order valence-corrected chi connectivity index (χ0v) is 8.86. The number of phenolic OH excluding ortho intramolecular Hbond substituents is 1. The number of carbonyl (C=O) groups excluding carboxylic acids is 1. The number of ether oxygens (including phenoxy) is 1. The largest absolute Gasteiger partial charge is 0.508 e. The molecule has 0 saturated carbocycles. The molecule has 15 heavy (non-hydrogen) atoms. The van der Waals surface area contributed by atoms with E-state index in [0.29, 0.717) is 12.3 Å². The maximum absolute atomic E-state index is 11.5. The van der Waals surface area contributed by atoms with Gasteiger partial charge < -0.3 is 15.6 Å². The van der Waals surface area contributed by atoms with Crippen LogP contribution in [0.25, 0.3) is 0 Å². The van der Waals surface area contributed by atoms with Crippen LogP contribution in [0.1, 0.15) is 24.2 Å². The quantitative estimate of drug-likeness (QED) is 0.452. The van der Waals surface area contributed by atoms with Gasteiger partial charge in [0.05, 0.1) is 12.2 Å². The van der Waals surface area contributed by atoms with Crippen LogP contribution in [0, 0.1) is 5.92 Å². The molecule has 0 amide bonds. The summed E-state index contributed by atoms with van der Waals surface area (Å²) in [4.78, 5) is 11.5. The van der Waals surface area contributed by atoms with Crippen molar-refractivity contribution < 1.29 is 14.6 Å². The summed E-state index contributed by atoms with van der Waals surface area (Å²) in [5, 5.41) is 9.20. The Hall–Kier alpha value is -1.71. The van der Waals surface area contributed by atoms with Gasteiger partial charge in [-0.05, 0) is 24.1 Å². The summed E-state index contributed by atoms with van der Waals surface area (Å²) in [7, 11) is 0. The lowest BCUT2D eigenvalue weighted by atomic mass is 10.1. The third-order valence-electron chi connectivity index (χ3n) is 1.80. The topological polar surface area (TPSA) is 72.5 Å². The number of phenols is 1. The number of benzene rings is 1. The zero-order chi connectivity index (χ0) is 11.4. The van der Waals surface area contributed by atoms with E-state index in [-0.39, 0.29) is 17.2 Å². The molecule has 0 saturated heterocycles. The van der Waals surface area contributed by atoms with E-state index in [9.17, 15) is 9.90 Å².